The number of carbonyl (C=O) groups excluding carboxylic acids is 1. The molecule has 0 amide bonds. The fourth-order valence-corrected chi connectivity index (χ4v) is 1.81. The van der Waals surface area contributed by atoms with Crippen molar-refractivity contribution in [3.63, 3.8) is 0 Å². The van der Waals surface area contributed by atoms with Crippen molar-refractivity contribution in [2.45, 2.75) is 39.5 Å². The number of nitrogen functional groups attached to an aromatic ring is 1. The van der Waals surface area contributed by atoms with Crippen molar-refractivity contribution < 1.29 is 9.53 Å². The molecule has 0 aliphatic heterocycles. The second-order valence-corrected chi connectivity index (χ2v) is 4.26. The molecule has 2 N–H and O–H groups in total. The van der Waals surface area contributed by atoms with E-state index in [0.717, 1.165) is 25.7 Å². The highest BCUT2D eigenvalue weighted by Gasteiger charge is 2.18. The monoisotopic (exact) mass is 235 g/mol. The zero-order valence-corrected chi connectivity index (χ0v) is 10.6. The Labute approximate surface area is 103 Å². The third kappa shape index (κ3) is 4.47. The molecule has 3 nitrogen and oxygen atoms in total. The van der Waals surface area contributed by atoms with E-state index in [1.165, 1.54) is 0 Å². The van der Waals surface area contributed by atoms with E-state index in [4.69, 9.17) is 10.5 Å². The molecule has 0 unspecified atom stereocenters. The van der Waals surface area contributed by atoms with Crippen LogP contribution in [-0.4, -0.2) is 5.97 Å². The second kappa shape index (κ2) is 6.94. The van der Waals surface area contributed by atoms with Gasteiger partial charge in [-0.25, -0.2) is 0 Å². The molecule has 0 spiro atoms. The Morgan fingerprint density at radius 1 is 1.18 bits per heavy atom. The average Bonchev–Trinajstić information content (AvgIpc) is 2.32. The molecule has 94 valence electrons. The molecular formula is C14H21NO2. The molecule has 0 radical (unpaired) electrons. The summed E-state index contributed by atoms with van der Waals surface area (Å²) in [6, 6.07) is 6.92. The molecule has 0 saturated heterocycles. The van der Waals surface area contributed by atoms with Gasteiger partial charge in [0.25, 0.3) is 0 Å². The van der Waals surface area contributed by atoms with E-state index in [-0.39, 0.29) is 11.9 Å². The Morgan fingerprint density at radius 3 is 2.18 bits per heavy atom. The van der Waals surface area contributed by atoms with Crippen LogP contribution in [0.2, 0.25) is 0 Å². The van der Waals surface area contributed by atoms with Gasteiger partial charge in [0, 0.05) is 5.69 Å². The van der Waals surface area contributed by atoms with E-state index in [1.807, 2.05) is 0 Å². The van der Waals surface area contributed by atoms with Crippen molar-refractivity contribution in [1.82, 2.24) is 0 Å². The van der Waals surface area contributed by atoms with Gasteiger partial charge in [-0.2, -0.15) is 0 Å². The predicted octanol–water partition coefficient (Wildman–Crippen LogP) is 3.39. The van der Waals surface area contributed by atoms with E-state index >= 15 is 0 Å². The highest BCUT2D eigenvalue weighted by Crippen LogP contribution is 2.19. The van der Waals surface area contributed by atoms with Crippen LogP contribution in [0, 0.1) is 5.92 Å². The van der Waals surface area contributed by atoms with Gasteiger partial charge in [0.05, 0.1) is 5.92 Å². The van der Waals surface area contributed by atoms with Crippen LogP contribution in [0.5, 0.6) is 5.75 Å². The summed E-state index contributed by atoms with van der Waals surface area (Å²) in [6.07, 6.45) is 3.78. The Balaban J connectivity index is 2.59. The molecule has 0 aliphatic carbocycles. The lowest BCUT2D eigenvalue weighted by Crippen LogP contribution is -2.20. The lowest BCUT2D eigenvalue weighted by Gasteiger charge is -2.14. The molecule has 0 aliphatic rings. The van der Waals surface area contributed by atoms with Gasteiger partial charge in [-0.1, -0.05) is 26.7 Å². The summed E-state index contributed by atoms with van der Waals surface area (Å²) in [5, 5.41) is 0. The summed E-state index contributed by atoms with van der Waals surface area (Å²) >= 11 is 0. The number of benzene rings is 1. The molecule has 0 heterocycles. The maximum atomic E-state index is 11.9. The molecule has 1 rings (SSSR count). The highest BCUT2D eigenvalue weighted by molar-refractivity contribution is 5.75. The average molecular weight is 235 g/mol. The van der Waals surface area contributed by atoms with Gasteiger partial charge < -0.3 is 10.5 Å². The maximum absolute atomic E-state index is 11.9. The summed E-state index contributed by atoms with van der Waals surface area (Å²) in [5.74, 6) is 0.461. The Bertz CT molecular complexity index is 340. The number of nitrogens with two attached hydrogens (primary N) is 1. The van der Waals surface area contributed by atoms with Gasteiger partial charge >= 0.3 is 5.97 Å². The number of carbonyl (C=O) groups is 1. The minimum absolute atomic E-state index is 0.0163. The standard InChI is InChI=1S/C14H21NO2/c1-3-5-11(6-4-2)14(16)17-13-9-7-12(15)8-10-13/h7-11H,3-6,15H2,1-2H3. The zero-order chi connectivity index (χ0) is 12.7. The third-order valence-corrected chi connectivity index (χ3v) is 2.71. The minimum Gasteiger partial charge on any atom is -0.426 e. The molecule has 3 heteroatoms. The fraction of sp³-hybridized carbons (Fsp3) is 0.500. The van der Waals surface area contributed by atoms with Gasteiger partial charge in [-0.15, -0.1) is 0 Å². The van der Waals surface area contributed by atoms with Gasteiger partial charge in [0.15, 0.2) is 0 Å². The van der Waals surface area contributed by atoms with Crippen molar-refractivity contribution in [2.24, 2.45) is 5.92 Å². The molecule has 1 aromatic carbocycles. The van der Waals surface area contributed by atoms with Crippen LogP contribution in [0.3, 0.4) is 0 Å². The fourth-order valence-electron chi connectivity index (χ4n) is 1.81. The van der Waals surface area contributed by atoms with Crippen LogP contribution in [0.4, 0.5) is 5.69 Å². The summed E-state index contributed by atoms with van der Waals surface area (Å²) in [4.78, 5) is 11.9. The molecule has 1 aromatic rings. The first-order chi connectivity index (χ1) is 8.17. The molecule has 17 heavy (non-hydrogen) atoms. The number of anilines is 1. The molecule has 0 atom stereocenters. The van der Waals surface area contributed by atoms with E-state index in [9.17, 15) is 4.79 Å². The van der Waals surface area contributed by atoms with E-state index < -0.39 is 0 Å². The minimum atomic E-state index is -0.126. The molecule has 0 aromatic heterocycles. The van der Waals surface area contributed by atoms with Crippen LogP contribution >= 0.6 is 0 Å². The first-order valence-electron chi connectivity index (χ1n) is 6.24. The third-order valence-electron chi connectivity index (χ3n) is 2.71. The quantitative estimate of drug-likeness (QED) is 0.467. The van der Waals surface area contributed by atoms with Crippen LogP contribution in [-0.2, 0) is 4.79 Å². The van der Waals surface area contributed by atoms with Gasteiger partial charge in [0.1, 0.15) is 5.75 Å². The number of hydrogen-bond donors (Lipinski definition) is 1. The normalized spacial score (nSPS) is 10.5. The van der Waals surface area contributed by atoms with Crippen LogP contribution in [0.25, 0.3) is 0 Å². The van der Waals surface area contributed by atoms with Crippen molar-refractivity contribution in [3.05, 3.63) is 24.3 Å². The van der Waals surface area contributed by atoms with Crippen molar-refractivity contribution in [3.8, 4) is 5.75 Å². The largest absolute Gasteiger partial charge is 0.426 e. The van der Waals surface area contributed by atoms with Gasteiger partial charge in [0.2, 0.25) is 0 Å². The summed E-state index contributed by atoms with van der Waals surface area (Å²) in [6.45, 7) is 4.16. The molecule has 0 saturated carbocycles. The molecule has 0 bridgehead atoms. The first-order valence-corrected chi connectivity index (χ1v) is 6.24. The topological polar surface area (TPSA) is 52.3 Å². The number of hydrogen-bond acceptors (Lipinski definition) is 3. The van der Waals surface area contributed by atoms with Crippen LogP contribution in [0.1, 0.15) is 39.5 Å². The lowest BCUT2D eigenvalue weighted by atomic mass is 9.99. The van der Waals surface area contributed by atoms with Crippen LogP contribution < -0.4 is 10.5 Å². The Hall–Kier alpha value is -1.51. The van der Waals surface area contributed by atoms with E-state index in [0.29, 0.717) is 11.4 Å². The van der Waals surface area contributed by atoms with Crippen LogP contribution in [0.15, 0.2) is 24.3 Å². The molecular weight excluding hydrogens is 214 g/mol. The van der Waals surface area contributed by atoms with Gasteiger partial charge in [-0.3, -0.25) is 4.79 Å². The van der Waals surface area contributed by atoms with E-state index in [1.54, 1.807) is 24.3 Å². The number of ether oxygens (including phenoxy) is 1. The zero-order valence-electron chi connectivity index (χ0n) is 10.6. The van der Waals surface area contributed by atoms with Crippen molar-refractivity contribution >= 4 is 11.7 Å². The first kappa shape index (κ1) is 13.6. The van der Waals surface area contributed by atoms with Crippen molar-refractivity contribution in [1.29, 1.82) is 0 Å². The summed E-state index contributed by atoms with van der Waals surface area (Å²) in [5.41, 5.74) is 6.24. The smallest absolute Gasteiger partial charge is 0.314 e. The SMILES string of the molecule is CCCC(CCC)C(=O)Oc1ccc(N)cc1. The summed E-state index contributed by atoms with van der Waals surface area (Å²) in [7, 11) is 0. The number of esters is 1. The highest BCUT2D eigenvalue weighted by atomic mass is 16.5. The van der Waals surface area contributed by atoms with E-state index in [2.05, 4.69) is 13.8 Å². The predicted molar refractivity (Wildman–Crippen MR) is 69.8 cm³/mol. The van der Waals surface area contributed by atoms with Crippen molar-refractivity contribution in [2.75, 3.05) is 5.73 Å². The Kier molecular flexibility index (Phi) is 5.53. The lowest BCUT2D eigenvalue weighted by molar-refractivity contribution is -0.139. The number of rotatable bonds is 6. The second-order valence-electron chi connectivity index (χ2n) is 4.26. The Morgan fingerprint density at radius 2 is 1.71 bits per heavy atom. The molecule has 0 fully saturated rings. The maximum Gasteiger partial charge on any atom is 0.314 e. The summed E-state index contributed by atoms with van der Waals surface area (Å²) < 4.78 is 5.34. The van der Waals surface area contributed by atoms with Gasteiger partial charge in [-0.05, 0) is 37.1 Å².